The maximum atomic E-state index is 10.7. The number of carbonyl (C=O) groups excluding carboxylic acids is 1. The minimum Gasteiger partial charge on any atom is -0.478 e. The van der Waals surface area contributed by atoms with Crippen LogP contribution in [0.1, 0.15) is 31.1 Å². The Morgan fingerprint density at radius 3 is 2.29 bits per heavy atom. The SMILES string of the molecule is O=Cc1c[nH+]cc(C(=O)O)c1C(=O)O. The standard InChI is InChI=1S/C8H5NO5/c10-3-4-1-9-2-5(7(11)12)6(4)8(13)14/h1-3H,(H,11,12)(H,13,14)/p+1. The molecule has 0 atom stereocenters. The van der Waals surface area contributed by atoms with Crippen LogP contribution in [0.4, 0.5) is 0 Å². The van der Waals surface area contributed by atoms with Crippen LogP contribution in [0.15, 0.2) is 12.4 Å². The third-order valence-corrected chi connectivity index (χ3v) is 1.60. The van der Waals surface area contributed by atoms with E-state index in [9.17, 15) is 14.4 Å². The molecule has 0 aliphatic heterocycles. The molecule has 0 aromatic carbocycles. The molecule has 1 aromatic heterocycles. The summed E-state index contributed by atoms with van der Waals surface area (Å²) in [4.78, 5) is 34.1. The third kappa shape index (κ3) is 1.58. The van der Waals surface area contributed by atoms with E-state index in [1.807, 2.05) is 0 Å². The maximum Gasteiger partial charge on any atom is 0.342 e. The molecule has 0 saturated carbocycles. The normalized spacial score (nSPS) is 9.43. The van der Waals surface area contributed by atoms with Crippen molar-refractivity contribution in [3.8, 4) is 0 Å². The van der Waals surface area contributed by atoms with Crippen molar-refractivity contribution in [3.05, 3.63) is 29.1 Å². The Hall–Kier alpha value is -2.24. The number of aromatic carboxylic acids is 2. The Labute approximate surface area is 77.8 Å². The molecule has 0 bridgehead atoms. The van der Waals surface area contributed by atoms with Gasteiger partial charge in [0, 0.05) is 0 Å². The van der Waals surface area contributed by atoms with Crippen molar-refractivity contribution in [1.82, 2.24) is 0 Å². The van der Waals surface area contributed by atoms with Crippen LogP contribution < -0.4 is 4.98 Å². The zero-order chi connectivity index (χ0) is 10.7. The molecule has 1 heterocycles. The van der Waals surface area contributed by atoms with Gasteiger partial charge in [-0.3, -0.25) is 4.79 Å². The fourth-order valence-corrected chi connectivity index (χ4v) is 1.01. The van der Waals surface area contributed by atoms with Crippen LogP contribution in [0.2, 0.25) is 0 Å². The lowest BCUT2D eigenvalue weighted by atomic mass is 10.1. The average Bonchev–Trinajstić information content (AvgIpc) is 2.16. The first kappa shape index (κ1) is 9.85. The highest BCUT2D eigenvalue weighted by Crippen LogP contribution is 2.10. The maximum absolute atomic E-state index is 10.7. The van der Waals surface area contributed by atoms with E-state index in [0.29, 0.717) is 0 Å². The van der Waals surface area contributed by atoms with Crippen LogP contribution in [0.3, 0.4) is 0 Å². The molecule has 0 unspecified atom stereocenters. The second-order valence-corrected chi connectivity index (χ2v) is 2.43. The first-order chi connectivity index (χ1) is 6.57. The van der Waals surface area contributed by atoms with E-state index in [4.69, 9.17) is 10.2 Å². The largest absolute Gasteiger partial charge is 0.478 e. The van der Waals surface area contributed by atoms with E-state index in [1.54, 1.807) is 0 Å². The van der Waals surface area contributed by atoms with Crippen LogP contribution in [0.5, 0.6) is 0 Å². The van der Waals surface area contributed by atoms with E-state index in [2.05, 4.69) is 4.98 Å². The molecular weight excluding hydrogens is 190 g/mol. The first-order valence-electron chi connectivity index (χ1n) is 3.53. The molecule has 6 nitrogen and oxygen atoms in total. The molecule has 0 fully saturated rings. The van der Waals surface area contributed by atoms with Gasteiger partial charge in [0.25, 0.3) is 0 Å². The smallest absolute Gasteiger partial charge is 0.342 e. The molecule has 0 spiro atoms. The van der Waals surface area contributed by atoms with Gasteiger partial charge in [-0.25, -0.2) is 14.6 Å². The molecule has 0 amide bonds. The van der Waals surface area contributed by atoms with Gasteiger partial charge >= 0.3 is 11.9 Å². The zero-order valence-electron chi connectivity index (χ0n) is 6.85. The number of hydrogen-bond donors (Lipinski definition) is 2. The number of rotatable bonds is 3. The number of hydrogen-bond acceptors (Lipinski definition) is 3. The fraction of sp³-hybridized carbons (Fsp3) is 0. The monoisotopic (exact) mass is 196 g/mol. The van der Waals surface area contributed by atoms with Gasteiger partial charge in [-0.1, -0.05) is 0 Å². The summed E-state index contributed by atoms with van der Waals surface area (Å²) in [6.45, 7) is 0. The summed E-state index contributed by atoms with van der Waals surface area (Å²) in [5, 5.41) is 17.3. The third-order valence-electron chi connectivity index (χ3n) is 1.60. The van der Waals surface area contributed by atoms with E-state index in [1.165, 1.54) is 0 Å². The van der Waals surface area contributed by atoms with Gasteiger partial charge in [0.2, 0.25) is 0 Å². The van der Waals surface area contributed by atoms with Crippen molar-refractivity contribution in [1.29, 1.82) is 0 Å². The highest BCUT2D eigenvalue weighted by molar-refractivity contribution is 6.06. The van der Waals surface area contributed by atoms with Gasteiger partial charge in [-0.2, -0.15) is 0 Å². The highest BCUT2D eigenvalue weighted by Gasteiger charge is 2.22. The Kier molecular flexibility index (Phi) is 2.57. The molecule has 1 aromatic rings. The lowest BCUT2D eigenvalue weighted by Crippen LogP contribution is -2.17. The van der Waals surface area contributed by atoms with Gasteiger partial charge in [0.1, 0.15) is 5.56 Å². The van der Waals surface area contributed by atoms with Crippen molar-refractivity contribution < 1.29 is 29.6 Å². The van der Waals surface area contributed by atoms with E-state index < -0.39 is 23.1 Å². The van der Waals surface area contributed by atoms with E-state index >= 15 is 0 Å². The molecule has 3 N–H and O–H groups in total. The van der Waals surface area contributed by atoms with E-state index in [-0.39, 0.29) is 11.8 Å². The topological polar surface area (TPSA) is 106 Å². The zero-order valence-corrected chi connectivity index (χ0v) is 6.85. The van der Waals surface area contributed by atoms with Crippen molar-refractivity contribution in [3.63, 3.8) is 0 Å². The number of carboxylic acid groups (broad SMARTS) is 2. The lowest BCUT2D eigenvalue weighted by Gasteiger charge is -1.98. The predicted molar refractivity (Wildman–Crippen MR) is 42.3 cm³/mol. The van der Waals surface area contributed by atoms with Gasteiger partial charge in [0.05, 0.1) is 11.1 Å². The number of nitrogens with one attached hydrogen (secondary N) is 1. The Morgan fingerprint density at radius 1 is 1.21 bits per heavy atom. The Bertz CT molecular complexity index is 412. The number of aromatic amines is 1. The highest BCUT2D eigenvalue weighted by atomic mass is 16.4. The number of aldehydes is 1. The summed E-state index contributed by atoms with van der Waals surface area (Å²) >= 11 is 0. The molecule has 0 aliphatic carbocycles. The predicted octanol–water partition coefficient (Wildman–Crippen LogP) is -0.290. The van der Waals surface area contributed by atoms with Gasteiger partial charge in [-0.05, 0) is 0 Å². The Balaban J connectivity index is 3.51. The number of pyridine rings is 1. The Morgan fingerprint density at radius 2 is 1.86 bits per heavy atom. The van der Waals surface area contributed by atoms with Crippen molar-refractivity contribution in [2.24, 2.45) is 0 Å². The molecular formula is C8H6NO5+. The number of carbonyl (C=O) groups is 3. The molecule has 14 heavy (non-hydrogen) atoms. The van der Waals surface area contributed by atoms with Crippen molar-refractivity contribution in [2.45, 2.75) is 0 Å². The van der Waals surface area contributed by atoms with Crippen LogP contribution >= 0.6 is 0 Å². The molecule has 0 saturated heterocycles. The first-order valence-corrected chi connectivity index (χ1v) is 3.53. The molecule has 0 radical (unpaired) electrons. The van der Waals surface area contributed by atoms with Crippen LogP contribution in [0.25, 0.3) is 0 Å². The summed E-state index contributed by atoms with van der Waals surface area (Å²) < 4.78 is 0. The summed E-state index contributed by atoms with van der Waals surface area (Å²) in [6.07, 6.45) is 2.42. The molecule has 1 rings (SSSR count). The molecule has 0 aliphatic rings. The lowest BCUT2D eigenvalue weighted by molar-refractivity contribution is -0.378. The number of aromatic nitrogens is 1. The number of carboxylic acids is 2. The van der Waals surface area contributed by atoms with Crippen LogP contribution in [-0.2, 0) is 0 Å². The van der Waals surface area contributed by atoms with Gasteiger partial charge in [-0.15, -0.1) is 0 Å². The summed E-state index contributed by atoms with van der Waals surface area (Å²) in [6, 6.07) is 0. The van der Waals surface area contributed by atoms with Crippen molar-refractivity contribution in [2.75, 3.05) is 0 Å². The second kappa shape index (κ2) is 3.65. The van der Waals surface area contributed by atoms with E-state index in [0.717, 1.165) is 12.4 Å². The average molecular weight is 196 g/mol. The van der Waals surface area contributed by atoms with Crippen molar-refractivity contribution >= 4 is 18.2 Å². The summed E-state index contributed by atoms with van der Waals surface area (Å²) in [5.74, 6) is -2.85. The quantitative estimate of drug-likeness (QED) is 0.646. The second-order valence-electron chi connectivity index (χ2n) is 2.43. The minimum atomic E-state index is -1.45. The summed E-state index contributed by atoms with van der Waals surface area (Å²) in [5.41, 5.74) is -1.15. The molecule has 6 heteroatoms. The number of H-pyrrole nitrogens is 1. The minimum absolute atomic E-state index is 0.197. The van der Waals surface area contributed by atoms with Gasteiger partial charge < -0.3 is 10.2 Å². The van der Waals surface area contributed by atoms with Crippen LogP contribution in [-0.4, -0.2) is 28.4 Å². The fourth-order valence-electron chi connectivity index (χ4n) is 1.01. The van der Waals surface area contributed by atoms with Crippen LogP contribution in [0, 0.1) is 0 Å². The molecule has 72 valence electrons. The summed E-state index contributed by atoms with van der Waals surface area (Å²) in [7, 11) is 0. The van der Waals surface area contributed by atoms with Gasteiger partial charge in [0.15, 0.2) is 18.7 Å².